The molecule has 1 saturated carbocycles. The van der Waals surface area contributed by atoms with Crippen molar-refractivity contribution in [2.75, 3.05) is 11.9 Å². The SMILES string of the molecule is OCC1(Nc2ncnc3sccc23)CCCC1. The van der Waals surface area contributed by atoms with Crippen LogP contribution in [0.3, 0.4) is 0 Å². The topological polar surface area (TPSA) is 58.0 Å². The minimum Gasteiger partial charge on any atom is -0.394 e. The lowest BCUT2D eigenvalue weighted by Crippen LogP contribution is -2.39. The molecule has 1 fully saturated rings. The van der Waals surface area contributed by atoms with E-state index < -0.39 is 0 Å². The molecule has 2 N–H and O–H groups in total. The highest BCUT2D eigenvalue weighted by atomic mass is 32.1. The molecule has 0 saturated heterocycles. The molecular weight excluding hydrogens is 234 g/mol. The number of hydrogen-bond donors (Lipinski definition) is 2. The van der Waals surface area contributed by atoms with Gasteiger partial charge in [0.05, 0.1) is 17.5 Å². The molecule has 2 aromatic heterocycles. The Hall–Kier alpha value is -1.20. The number of fused-ring (bicyclic) bond motifs is 1. The summed E-state index contributed by atoms with van der Waals surface area (Å²) in [5.74, 6) is 0.854. The Kier molecular flexibility index (Phi) is 2.72. The number of aromatic nitrogens is 2. The molecule has 3 rings (SSSR count). The highest BCUT2D eigenvalue weighted by molar-refractivity contribution is 7.16. The summed E-state index contributed by atoms with van der Waals surface area (Å²) >= 11 is 1.61. The third-order valence-corrected chi connectivity index (χ3v) is 4.33. The van der Waals surface area contributed by atoms with Crippen LogP contribution in [0.2, 0.25) is 0 Å². The van der Waals surface area contributed by atoms with Crippen LogP contribution in [0.1, 0.15) is 25.7 Å². The van der Waals surface area contributed by atoms with Gasteiger partial charge in [-0.25, -0.2) is 9.97 Å². The Morgan fingerprint density at radius 2 is 2.18 bits per heavy atom. The Labute approximate surface area is 104 Å². The zero-order valence-corrected chi connectivity index (χ0v) is 10.3. The van der Waals surface area contributed by atoms with Crippen LogP contribution in [0.4, 0.5) is 5.82 Å². The van der Waals surface area contributed by atoms with E-state index in [0.29, 0.717) is 0 Å². The van der Waals surface area contributed by atoms with Gasteiger partial charge in [0.2, 0.25) is 0 Å². The molecule has 2 aromatic rings. The first-order valence-electron chi connectivity index (χ1n) is 5.90. The first-order chi connectivity index (χ1) is 8.33. The minimum absolute atomic E-state index is 0.169. The second-order valence-corrected chi connectivity index (χ2v) is 5.53. The van der Waals surface area contributed by atoms with Crippen molar-refractivity contribution >= 4 is 27.4 Å². The zero-order chi connectivity index (χ0) is 11.7. The van der Waals surface area contributed by atoms with E-state index >= 15 is 0 Å². The second-order valence-electron chi connectivity index (χ2n) is 4.63. The summed E-state index contributed by atoms with van der Waals surface area (Å²) < 4.78 is 0. The number of aliphatic hydroxyl groups excluding tert-OH is 1. The van der Waals surface area contributed by atoms with E-state index in [0.717, 1.165) is 28.9 Å². The quantitative estimate of drug-likeness (QED) is 0.877. The molecule has 0 radical (unpaired) electrons. The summed E-state index contributed by atoms with van der Waals surface area (Å²) in [5.41, 5.74) is -0.177. The maximum atomic E-state index is 9.60. The third-order valence-electron chi connectivity index (χ3n) is 3.51. The maximum absolute atomic E-state index is 9.60. The van der Waals surface area contributed by atoms with Crippen molar-refractivity contribution in [3.8, 4) is 0 Å². The number of aliphatic hydroxyl groups is 1. The van der Waals surface area contributed by atoms with Gasteiger partial charge in [-0.1, -0.05) is 12.8 Å². The lowest BCUT2D eigenvalue weighted by atomic mass is 9.99. The Balaban J connectivity index is 1.96. The minimum atomic E-state index is -0.177. The third kappa shape index (κ3) is 1.89. The fourth-order valence-corrected chi connectivity index (χ4v) is 3.25. The molecule has 0 spiro atoms. The van der Waals surface area contributed by atoms with E-state index in [1.54, 1.807) is 17.7 Å². The van der Waals surface area contributed by atoms with Gasteiger partial charge in [-0.05, 0) is 24.3 Å². The highest BCUT2D eigenvalue weighted by Gasteiger charge is 2.33. The molecule has 0 unspecified atom stereocenters. The largest absolute Gasteiger partial charge is 0.394 e. The fourth-order valence-electron chi connectivity index (χ4n) is 2.52. The van der Waals surface area contributed by atoms with E-state index in [9.17, 15) is 5.11 Å². The van der Waals surface area contributed by atoms with Crippen molar-refractivity contribution < 1.29 is 5.11 Å². The number of nitrogens with zero attached hydrogens (tertiary/aromatic N) is 2. The molecule has 4 nitrogen and oxygen atoms in total. The van der Waals surface area contributed by atoms with Crippen LogP contribution in [-0.4, -0.2) is 27.2 Å². The van der Waals surface area contributed by atoms with E-state index in [-0.39, 0.29) is 12.1 Å². The summed E-state index contributed by atoms with van der Waals surface area (Å²) in [7, 11) is 0. The average Bonchev–Trinajstić information content (AvgIpc) is 2.98. The molecule has 2 heterocycles. The molecule has 17 heavy (non-hydrogen) atoms. The Morgan fingerprint density at radius 3 is 2.94 bits per heavy atom. The molecule has 5 heteroatoms. The van der Waals surface area contributed by atoms with Crippen molar-refractivity contribution in [3.05, 3.63) is 17.8 Å². The van der Waals surface area contributed by atoms with E-state index in [1.807, 2.05) is 11.4 Å². The van der Waals surface area contributed by atoms with Gasteiger partial charge in [0.25, 0.3) is 0 Å². The van der Waals surface area contributed by atoms with Gasteiger partial charge in [-0.15, -0.1) is 11.3 Å². The van der Waals surface area contributed by atoms with Crippen molar-refractivity contribution in [1.29, 1.82) is 0 Å². The first-order valence-corrected chi connectivity index (χ1v) is 6.78. The molecule has 0 aliphatic heterocycles. The van der Waals surface area contributed by atoms with Crippen LogP contribution >= 0.6 is 11.3 Å². The summed E-state index contributed by atoms with van der Waals surface area (Å²) in [5, 5.41) is 16.1. The number of hydrogen-bond acceptors (Lipinski definition) is 5. The van der Waals surface area contributed by atoms with E-state index in [4.69, 9.17) is 0 Å². The number of anilines is 1. The smallest absolute Gasteiger partial charge is 0.138 e. The molecule has 0 aromatic carbocycles. The predicted molar refractivity (Wildman–Crippen MR) is 69.3 cm³/mol. The van der Waals surface area contributed by atoms with Crippen molar-refractivity contribution in [1.82, 2.24) is 9.97 Å². The summed E-state index contributed by atoms with van der Waals surface area (Å²) in [4.78, 5) is 9.53. The normalized spacial score (nSPS) is 18.6. The van der Waals surface area contributed by atoms with Crippen LogP contribution in [-0.2, 0) is 0 Å². The summed E-state index contributed by atoms with van der Waals surface area (Å²) in [6.07, 6.45) is 5.95. The van der Waals surface area contributed by atoms with Gasteiger partial charge in [-0.3, -0.25) is 0 Å². The molecule has 1 aliphatic carbocycles. The zero-order valence-electron chi connectivity index (χ0n) is 9.52. The fraction of sp³-hybridized carbons (Fsp3) is 0.500. The number of rotatable bonds is 3. The van der Waals surface area contributed by atoms with Gasteiger partial charge in [0, 0.05) is 0 Å². The van der Waals surface area contributed by atoms with Crippen molar-refractivity contribution in [3.63, 3.8) is 0 Å². The molecule has 0 amide bonds. The van der Waals surface area contributed by atoms with E-state index in [1.165, 1.54) is 12.8 Å². The highest BCUT2D eigenvalue weighted by Crippen LogP contribution is 2.34. The average molecular weight is 249 g/mol. The van der Waals surface area contributed by atoms with Crippen LogP contribution in [0.25, 0.3) is 10.2 Å². The van der Waals surface area contributed by atoms with Crippen LogP contribution in [0.15, 0.2) is 17.8 Å². The van der Waals surface area contributed by atoms with Crippen molar-refractivity contribution in [2.24, 2.45) is 0 Å². The Morgan fingerprint density at radius 1 is 1.35 bits per heavy atom. The molecule has 1 aliphatic rings. The van der Waals surface area contributed by atoms with Gasteiger partial charge < -0.3 is 10.4 Å². The van der Waals surface area contributed by atoms with Crippen LogP contribution in [0, 0.1) is 0 Å². The van der Waals surface area contributed by atoms with E-state index in [2.05, 4.69) is 15.3 Å². The molecule has 0 bridgehead atoms. The maximum Gasteiger partial charge on any atom is 0.138 e. The predicted octanol–water partition coefficient (Wildman–Crippen LogP) is 2.41. The van der Waals surface area contributed by atoms with Crippen LogP contribution < -0.4 is 5.32 Å². The molecular formula is C12H15N3OS. The second kappa shape index (κ2) is 4.23. The monoisotopic (exact) mass is 249 g/mol. The number of nitrogens with one attached hydrogen (secondary N) is 1. The lowest BCUT2D eigenvalue weighted by molar-refractivity contribution is 0.214. The number of thiophene rings is 1. The standard InChI is InChI=1S/C12H15N3OS/c16-7-12(4-1-2-5-12)15-10-9-3-6-17-11(9)14-8-13-10/h3,6,8,16H,1-2,4-5,7H2,(H,13,14,15). The Bertz CT molecular complexity index is 519. The van der Waals surface area contributed by atoms with Gasteiger partial charge >= 0.3 is 0 Å². The molecule has 90 valence electrons. The van der Waals surface area contributed by atoms with Gasteiger partial charge in [0.15, 0.2) is 0 Å². The van der Waals surface area contributed by atoms with Crippen LogP contribution in [0.5, 0.6) is 0 Å². The summed E-state index contributed by atoms with van der Waals surface area (Å²) in [6, 6.07) is 2.03. The lowest BCUT2D eigenvalue weighted by Gasteiger charge is -2.28. The first kappa shape index (κ1) is 10.9. The summed E-state index contributed by atoms with van der Waals surface area (Å²) in [6.45, 7) is 0.169. The van der Waals surface area contributed by atoms with Gasteiger partial charge in [-0.2, -0.15) is 0 Å². The van der Waals surface area contributed by atoms with Gasteiger partial charge in [0.1, 0.15) is 17.0 Å². The molecule has 0 atom stereocenters. The van der Waals surface area contributed by atoms with Crippen molar-refractivity contribution in [2.45, 2.75) is 31.2 Å².